The van der Waals surface area contributed by atoms with E-state index in [9.17, 15) is 9.18 Å². The van der Waals surface area contributed by atoms with Crippen LogP contribution in [-0.2, 0) is 4.79 Å². The molecular weight excluding hydrogens is 265 g/mol. The van der Waals surface area contributed by atoms with Crippen LogP contribution in [-0.4, -0.2) is 12.0 Å². The molecule has 0 fully saturated rings. The van der Waals surface area contributed by atoms with Gasteiger partial charge >= 0.3 is 0 Å². The van der Waals surface area contributed by atoms with Crippen LogP contribution in [0.3, 0.4) is 0 Å². The van der Waals surface area contributed by atoms with Gasteiger partial charge in [0.2, 0.25) is 0 Å². The number of carbonyl (C=O) groups excluding carboxylic acids is 1. The summed E-state index contributed by atoms with van der Waals surface area (Å²) in [6.07, 6.45) is -0.0889. The second-order valence-electron chi connectivity index (χ2n) is 3.27. The van der Waals surface area contributed by atoms with Gasteiger partial charge in [-0.15, -0.1) is 0 Å². The van der Waals surface area contributed by atoms with Crippen molar-refractivity contribution in [3.8, 4) is 5.75 Å². The third-order valence-electron chi connectivity index (χ3n) is 2.19. The second-order valence-corrected chi connectivity index (χ2v) is 4.18. The summed E-state index contributed by atoms with van der Waals surface area (Å²) in [5.41, 5.74) is 0.372. The van der Waals surface area contributed by atoms with Gasteiger partial charge in [-0.1, -0.05) is 22.9 Å². The molecule has 1 atom stereocenters. The van der Waals surface area contributed by atoms with Crippen LogP contribution in [0.15, 0.2) is 16.6 Å². The Morgan fingerprint density at radius 1 is 1.60 bits per heavy atom. The van der Waals surface area contributed by atoms with Crippen molar-refractivity contribution in [3.63, 3.8) is 0 Å². The van der Waals surface area contributed by atoms with E-state index >= 15 is 0 Å². The predicted molar refractivity (Wildman–Crippen MR) is 57.4 cm³/mol. The van der Waals surface area contributed by atoms with Gasteiger partial charge in [0.05, 0.1) is 5.69 Å². The van der Waals surface area contributed by atoms with Crippen molar-refractivity contribution in [3.05, 3.63) is 22.4 Å². The van der Waals surface area contributed by atoms with Crippen LogP contribution in [0.2, 0.25) is 0 Å². The van der Waals surface area contributed by atoms with Gasteiger partial charge < -0.3 is 10.1 Å². The van der Waals surface area contributed by atoms with Crippen molar-refractivity contribution in [1.29, 1.82) is 0 Å². The number of carbonyl (C=O) groups is 1. The van der Waals surface area contributed by atoms with Crippen molar-refractivity contribution in [2.75, 3.05) is 5.32 Å². The number of anilines is 1. The molecule has 1 heterocycles. The van der Waals surface area contributed by atoms with Crippen LogP contribution in [0.4, 0.5) is 10.1 Å². The molecule has 1 aromatic carbocycles. The Bertz CT molecular complexity index is 422. The highest BCUT2D eigenvalue weighted by molar-refractivity contribution is 9.10. The quantitative estimate of drug-likeness (QED) is 0.855. The van der Waals surface area contributed by atoms with E-state index in [1.807, 2.05) is 6.92 Å². The van der Waals surface area contributed by atoms with Gasteiger partial charge in [-0.25, -0.2) is 4.39 Å². The first-order valence-electron chi connectivity index (χ1n) is 4.58. The van der Waals surface area contributed by atoms with Crippen LogP contribution >= 0.6 is 15.9 Å². The average Bonchev–Trinajstić information content (AvgIpc) is 2.16. The monoisotopic (exact) mass is 273 g/mol. The van der Waals surface area contributed by atoms with E-state index in [0.717, 1.165) is 0 Å². The SMILES string of the molecule is CCC1Oc2c(F)cc(Br)cc2NC1=O. The molecule has 0 bridgehead atoms. The minimum absolute atomic E-state index is 0.115. The molecule has 0 aliphatic carbocycles. The van der Waals surface area contributed by atoms with Gasteiger partial charge in [-0.2, -0.15) is 0 Å². The lowest BCUT2D eigenvalue weighted by Crippen LogP contribution is -2.36. The van der Waals surface area contributed by atoms with Crippen molar-refractivity contribution in [2.24, 2.45) is 0 Å². The summed E-state index contributed by atoms with van der Waals surface area (Å²) in [6, 6.07) is 2.92. The number of benzene rings is 1. The van der Waals surface area contributed by atoms with E-state index in [-0.39, 0.29) is 11.7 Å². The fourth-order valence-corrected chi connectivity index (χ4v) is 1.88. The van der Waals surface area contributed by atoms with Crippen LogP contribution in [0, 0.1) is 5.82 Å². The Balaban J connectivity index is 2.45. The zero-order valence-corrected chi connectivity index (χ0v) is 9.60. The van der Waals surface area contributed by atoms with E-state index < -0.39 is 11.9 Å². The van der Waals surface area contributed by atoms with E-state index in [1.54, 1.807) is 6.07 Å². The molecule has 1 N–H and O–H groups in total. The third kappa shape index (κ3) is 1.84. The highest BCUT2D eigenvalue weighted by Crippen LogP contribution is 2.35. The average molecular weight is 274 g/mol. The number of ether oxygens (including phenoxy) is 1. The summed E-state index contributed by atoms with van der Waals surface area (Å²) in [4.78, 5) is 11.4. The first kappa shape index (κ1) is 10.4. The number of hydrogen-bond acceptors (Lipinski definition) is 2. The smallest absolute Gasteiger partial charge is 0.265 e. The fraction of sp³-hybridized carbons (Fsp3) is 0.300. The van der Waals surface area contributed by atoms with Gasteiger partial charge in [-0.3, -0.25) is 4.79 Å². The number of hydrogen-bond donors (Lipinski definition) is 1. The lowest BCUT2D eigenvalue weighted by atomic mass is 10.2. The van der Waals surface area contributed by atoms with Crippen LogP contribution in [0.5, 0.6) is 5.75 Å². The normalized spacial score (nSPS) is 19.1. The lowest BCUT2D eigenvalue weighted by Gasteiger charge is -2.25. The molecule has 5 heteroatoms. The summed E-state index contributed by atoms with van der Waals surface area (Å²) in [5.74, 6) is -0.593. The molecule has 0 saturated heterocycles. The minimum atomic E-state index is -0.604. The second kappa shape index (κ2) is 3.81. The maximum Gasteiger partial charge on any atom is 0.265 e. The molecule has 2 rings (SSSR count). The molecule has 0 radical (unpaired) electrons. The van der Waals surface area contributed by atoms with Gasteiger partial charge in [0.1, 0.15) is 0 Å². The molecule has 0 aromatic heterocycles. The topological polar surface area (TPSA) is 38.3 Å². The largest absolute Gasteiger partial charge is 0.475 e. The van der Waals surface area contributed by atoms with E-state index in [4.69, 9.17) is 4.74 Å². The number of rotatable bonds is 1. The zero-order chi connectivity index (χ0) is 11.0. The molecule has 80 valence electrons. The molecule has 3 nitrogen and oxygen atoms in total. The Hall–Kier alpha value is -1.10. The van der Waals surface area contributed by atoms with Crippen LogP contribution < -0.4 is 10.1 Å². The fourth-order valence-electron chi connectivity index (χ4n) is 1.45. The van der Waals surface area contributed by atoms with E-state index in [0.29, 0.717) is 16.6 Å². The predicted octanol–water partition coefficient (Wildman–Crippen LogP) is 2.70. The molecule has 0 spiro atoms. The maximum atomic E-state index is 13.5. The Morgan fingerprint density at radius 2 is 2.33 bits per heavy atom. The summed E-state index contributed by atoms with van der Waals surface area (Å²) < 4.78 is 19.3. The van der Waals surface area contributed by atoms with Crippen molar-refractivity contribution >= 4 is 27.5 Å². The molecule has 1 aliphatic heterocycles. The standard InChI is InChI=1S/C10H9BrFNO2/c1-2-8-10(14)13-7-4-5(11)3-6(12)9(7)15-8/h3-4,8H,2H2,1H3,(H,13,14). The first-order chi connectivity index (χ1) is 7.11. The van der Waals surface area contributed by atoms with Crippen molar-refractivity contribution < 1.29 is 13.9 Å². The Labute approximate surface area is 94.7 Å². The highest BCUT2D eigenvalue weighted by atomic mass is 79.9. The Morgan fingerprint density at radius 3 is 3.00 bits per heavy atom. The summed E-state index contributed by atoms with van der Waals surface area (Å²) in [5, 5.41) is 2.61. The molecule has 1 unspecified atom stereocenters. The van der Waals surface area contributed by atoms with E-state index in [2.05, 4.69) is 21.2 Å². The van der Waals surface area contributed by atoms with Crippen LogP contribution in [0.1, 0.15) is 13.3 Å². The summed E-state index contributed by atoms with van der Waals surface area (Å²) in [7, 11) is 0. The number of amides is 1. The number of halogens is 2. The molecule has 0 saturated carbocycles. The highest BCUT2D eigenvalue weighted by Gasteiger charge is 2.28. The molecule has 1 aliphatic rings. The molecule has 1 aromatic rings. The lowest BCUT2D eigenvalue weighted by molar-refractivity contribution is -0.123. The third-order valence-corrected chi connectivity index (χ3v) is 2.65. The zero-order valence-electron chi connectivity index (χ0n) is 8.01. The van der Waals surface area contributed by atoms with Crippen molar-refractivity contribution in [2.45, 2.75) is 19.4 Å². The van der Waals surface area contributed by atoms with Gasteiger partial charge in [0.25, 0.3) is 5.91 Å². The number of nitrogens with one attached hydrogen (secondary N) is 1. The van der Waals surface area contributed by atoms with Gasteiger partial charge in [-0.05, 0) is 18.6 Å². The van der Waals surface area contributed by atoms with E-state index in [1.165, 1.54) is 6.07 Å². The van der Waals surface area contributed by atoms with Gasteiger partial charge in [0, 0.05) is 4.47 Å². The maximum absolute atomic E-state index is 13.5. The summed E-state index contributed by atoms with van der Waals surface area (Å²) in [6.45, 7) is 1.81. The van der Waals surface area contributed by atoms with Crippen molar-refractivity contribution in [1.82, 2.24) is 0 Å². The van der Waals surface area contributed by atoms with Gasteiger partial charge in [0.15, 0.2) is 17.7 Å². The number of fused-ring (bicyclic) bond motifs is 1. The van der Waals surface area contributed by atoms with Crippen LogP contribution in [0.25, 0.3) is 0 Å². The summed E-state index contributed by atoms with van der Waals surface area (Å²) >= 11 is 3.15. The molecule has 1 amide bonds. The first-order valence-corrected chi connectivity index (χ1v) is 5.37. The molecule has 15 heavy (non-hydrogen) atoms. The minimum Gasteiger partial charge on any atom is -0.475 e. The Kier molecular flexibility index (Phi) is 2.65. The molecular formula is C10H9BrFNO2.